The van der Waals surface area contributed by atoms with Crippen LogP contribution in [0.1, 0.15) is 40.8 Å². The fourth-order valence-electron chi connectivity index (χ4n) is 4.11. The lowest BCUT2D eigenvalue weighted by molar-refractivity contribution is -0.207. The lowest BCUT2D eigenvalue weighted by atomic mass is 9.94. The van der Waals surface area contributed by atoms with Crippen LogP contribution in [0.3, 0.4) is 0 Å². The Bertz CT molecular complexity index is 1070. The summed E-state index contributed by atoms with van der Waals surface area (Å²) in [6.45, 7) is 6.79. The van der Waals surface area contributed by atoms with Crippen molar-refractivity contribution >= 4 is 23.0 Å². The molecule has 4 rings (SSSR count). The van der Waals surface area contributed by atoms with Gasteiger partial charge in [0.1, 0.15) is 41.9 Å². The highest BCUT2D eigenvalue weighted by molar-refractivity contribution is 5.81. The molecule has 0 spiro atoms. The van der Waals surface area contributed by atoms with Crippen LogP contribution in [0, 0.1) is 0 Å². The molecule has 0 aromatic carbocycles. The molecular formula is C21H33N5O10. The second kappa shape index (κ2) is 10.1. The van der Waals surface area contributed by atoms with E-state index in [-0.39, 0.29) is 5.82 Å². The zero-order valence-corrected chi connectivity index (χ0v) is 20.5. The van der Waals surface area contributed by atoms with Crippen molar-refractivity contribution in [3.63, 3.8) is 0 Å². The van der Waals surface area contributed by atoms with E-state index in [0.717, 1.165) is 0 Å². The number of aromatic nitrogens is 4. The first-order chi connectivity index (χ1) is 16.6. The van der Waals surface area contributed by atoms with E-state index in [9.17, 15) is 35.4 Å². The molecular weight excluding hydrogens is 482 g/mol. The summed E-state index contributed by atoms with van der Waals surface area (Å²) in [7, 11) is 0. The summed E-state index contributed by atoms with van der Waals surface area (Å²) in [6, 6.07) is 0. The molecule has 36 heavy (non-hydrogen) atoms. The summed E-state index contributed by atoms with van der Waals surface area (Å²) in [4.78, 5) is 22.7. The summed E-state index contributed by atoms with van der Waals surface area (Å²) in [5.74, 6) is -0.414. The molecule has 10 atom stereocenters. The number of nitrogens with two attached hydrogens (primary N) is 1. The standard InChI is InChI=1S/C12H17N5O4.C9H16O6/c1-5(18)7-8(19)12(2,20)11(21-7)17-4-16-6-9(13)14-3-15-10(6)17;1-4(10)6-7(12)9(3,13)8(15-6)14-5(2)11/h3-5,7-8,11,18-20H,1-2H3,(H2,13,14,15);4,6-8,10,12-13H,1-3H3/t5-,7?,8+,11+,12+;4-,6?,7+,8?,9+/m00/s1. The summed E-state index contributed by atoms with van der Waals surface area (Å²) in [5, 5.41) is 59.1. The number of hydrogen-bond acceptors (Lipinski definition) is 14. The molecule has 2 aromatic rings. The number of carbonyl (C=O) groups excluding carboxylic acids is 1. The molecule has 15 nitrogen and oxygen atoms in total. The molecule has 0 bridgehead atoms. The van der Waals surface area contributed by atoms with Crippen LogP contribution in [-0.4, -0.2) is 110 Å². The van der Waals surface area contributed by atoms with Gasteiger partial charge in [-0.2, -0.15) is 0 Å². The number of esters is 1. The molecule has 2 aliphatic rings. The fraction of sp³-hybridized carbons (Fsp3) is 0.714. The van der Waals surface area contributed by atoms with Gasteiger partial charge in [0.2, 0.25) is 6.29 Å². The highest BCUT2D eigenvalue weighted by Crippen LogP contribution is 2.40. The number of anilines is 1. The summed E-state index contributed by atoms with van der Waals surface area (Å²) < 4.78 is 16.8. The molecule has 2 aliphatic heterocycles. The van der Waals surface area contributed by atoms with E-state index in [1.54, 1.807) is 0 Å². The molecule has 3 unspecified atom stereocenters. The lowest BCUT2D eigenvalue weighted by Gasteiger charge is -2.27. The number of imidazole rings is 1. The van der Waals surface area contributed by atoms with Crippen LogP contribution < -0.4 is 5.73 Å². The molecule has 15 heteroatoms. The molecule has 2 fully saturated rings. The van der Waals surface area contributed by atoms with Crippen LogP contribution >= 0.6 is 0 Å². The molecule has 202 valence electrons. The second-order valence-electron chi connectivity index (χ2n) is 9.40. The largest absolute Gasteiger partial charge is 0.433 e. The predicted octanol–water partition coefficient (Wildman–Crippen LogP) is -2.43. The minimum absolute atomic E-state index is 0.212. The van der Waals surface area contributed by atoms with E-state index < -0.39 is 66.3 Å². The highest BCUT2D eigenvalue weighted by Gasteiger charge is 2.56. The van der Waals surface area contributed by atoms with E-state index in [1.807, 2.05) is 0 Å². The minimum Gasteiger partial charge on any atom is -0.433 e. The van der Waals surface area contributed by atoms with Crippen molar-refractivity contribution in [1.29, 1.82) is 0 Å². The number of rotatable bonds is 4. The molecule has 0 aliphatic carbocycles. The Labute approximate surface area is 206 Å². The first kappa shape index (κ1) is 28.1. The van der Waals surface area contributed by atoms with Crippen molar-refractivity contribution in [3.8, 4) is 0 Å². The monoisotopic (exact) mass is 515 g/mol. The average molecular weight is 516 g/mol. The molecule has 2 saturated heterocycles. The average Bonchev–Trinajstić information content (AvgIpc) is 3.36. The highest BCUT2D eigenvalue weighted by atomic mass is 16.7. The number of aliphatic hydroxyl groups is 6. The normalized spacial score (nSPS) is 37.9. The molecule has 0 saturated carbocycles. The van der Waals surface area contributed by atoms with Gasteiger partial charge >= 0.3 is 5.97 Å². The van der Waals surface area contributed by atoms with Crippen LogP contribution in [0.25, 0.3) is 11.2 Å². The maximum Gasteiger partial charge on any atom is 0.305 e. The van der Waals surface area contributed by atoms with Crippen molar-refractivity contribution in [2.75, 3.05) is 5.73 Å². The number of hydrogen-bond donors (Lipinski definition) is 7. The Hall–Kier alpha value is -2.50. The van der Waals surface area contributed by atoms with E-state index in [2.05, 4.69) is 15.0 Å². The second-order valence-corrected chi connectivity index (χ2v) is 9.40. The van der Waals surface area contributed by atoms with E-state index >= 15 is 0 Å². The summed E-state index contributed by atoms with van der Waals surface area (Å²) >= 11 is 0. The first-order valence-electron chi connectivity index (χ1n) is 11.2. The quantitative estimate of drug-likeness (QED) is 0.210. The number of aliphatic hydroxyl groups excluding tert-OH is 4. The first-order valence-corrected chi connectivity index (χ1v) is 11.2. The van der Waals surface area contributed by atoms with Crippen molar-refractivity contribution in [3.05, 3.63) is 12.7 Å². The summed E-state index contributed by atoms with van der Waals surface area (Å²) in [5.41, 5.74) is 3.15. The fourth-order valence-corrected chi connectivity index (χ4v) is 4.11. The van der Waals surface area contributed by atoms with Gasteiger partial charge in [-0.15, -0.1) is 0 Å². The van der Waals surface area contributed by atoms with Crippen LogP contribution in [0.4, 0.5) is 5.82 Å². The smallest absolute Gasteiger partial charge is 0.305 e. The third-order valence-corrected chi connectivity index (χ3v) is 6.23. The lowest BCUT2D eigenvalue weighted by Crippen LogP contribution is -2.48. The molecule has 8 N–H and O–H groups in total. The zero-order chi connectivity index (χ0) is 27.2. The van der Waals surface area contributed by atoms with Gasteiger partial charge in [0, 0.05) is 6.92 Å². The maximum atomic E-state index is 10.7. The van der Waals surface area contributed by atoms with Crippen molar-refractivity contribution in [2.45, 2.75) is 95.0 Å². The van der Waals surface area contributed by atoms with E-state index in [0.29, 0.717) is 11.2 Å². The van der Waals surface area contributed by atoms with Gasteiger partial charge in [0.05, 0.1) is 18.5 Å². The Balaban J connectivity index is 0.000000214. The van der Waals surface area contributed by atoms with Crippen LogP contribution in [0.2, 0.25) is 0 Å². The number of nitrogens with zero attached hydrogens (tertiary/aromatic N) is 4. The van der Waals surface area contributed by atoms with Crippen LogP contribution in [0.15, 0.2) is 12.7 Å². The Kier molecular flexibility index (Phi) is 7.88. The minimum atomic E-state index is -1.71. The third-order valence-electron chi connectivity index (χ3n) is 6.23. The van der Waals surface area contributed by atoms with Gasteiger partial charge in [-0.1, -0.05) is 0 Å². The Morgan fingerprint density at radius 2 is 1.61 bits per heavy atom. The number of ether oxygens (including phenoxy) is 3. The zero-order valence-electron chi connectivity index (χ0n) is 20.5. The Morgan fingerprint density at radius 3 is 2.11 bits per heavy atom. The van der Waals surface area contributed by atoms with Crippen molar-refractivity contribution in [1.82, 2.24) is 19.5 Å². The third kappa shape index (κ3) is 5.01. The number of carbonyl (C=O) groups is 1. The SMILES string of the molecule is CC(=O)OC1OC([C@H](C)O)[C@@H](O)[C@@]1(C)O.C[C@H](O)C1O[C@@H](n2cnc3c(N)ncnc32)[C@](C)(O)[C@@H]1O. The topological polar surface area (TPSA) is 236 Å². The number of fused-ring (bicyclic) bond motifs is 1. The van der Waals surface area contributed by atoms with Gasteiger partial charge in [0.25, 0.3) is 0 Å². The molecule has 0 radical (unpaired) electrons. The van der Waals surface area contributed by atoms with E-state index in [4.69, 9.17) is 19.9 Å². The van der Waals surface area contributed by atoms with Gasteiger partial charge in [0.15, 0.2) is 23.3 Å². The van der Waals surface area contributed by atoms with E-state index in [1.165, 1.54) is 51.8 Å². The molecule has 2 aromatic heterocycles. The van der Waals surface area contributed by atoms with Crippen LogP contribution in [0.5, 0.6) is 0 Å². The Morgan fingerprint density at radius 1 is 1.06 bits per heavy atom. The summed E-state index contributed by atoms with van der Waals surface area (Å²) in [6.07, 6.45) is -5.87. The van der Waals surface area contributed by atoms with Gasteiger partial charge in [-0.25, -0.2) is 15.0 Å². The number of nitrogen functional groups attached to an aromatic ring is 1. The van der Waals surface area contributed by atoms with Crippen molar-refractivity contribution in [2.24, 2.45) is 0 Å². The maximum absolute atomic E-state index is 10.7. The predicted molar refractivity (Wildman–Crippen MR) is 121 cm³/mol. The van der Waals surface area contributed by atoms with Crippen LogP contribution in [-0.2, 0) is 19.0 Å². The van der Waals surface area contributed by atoms with Gasteiger partial charge in [-0.3, -0.25) is 9.36 Å². The van der Waals surface area contributed by atoms with Gasteiger partial charge in [-0.05, 0) is 27.7 Å². The molecule has 4 heterocycles. The molecule has 0 amide bonds. The van der Waals surface area contributed by atoms with Gasteiger partial charge < -0.3 is 50.6 Å². The van der Waals surface area contributed by atoms with Crippen molar-refractivity contribution < 1.29 is 49.6 Å².